The highest BCUT2D eigenvalue weighted by Crippen LogP contribution is 2.18. The normalized spacial score (nSPS) is 10.6. The highest BCUT2D eigenvalue weighted by molar-refractivity contribution is 6.67. The molecule has 2 rings (SSSR count). The zero-order valence-electron chi connectivity index (χ0n) is 10.5. The molecule has 0 amide bonds. The van der Waals surface area contributed by atoms with Crippen LogP contribution in [0.1, 0.15) is 0 Å². The molecule has 21 heavy (non-hydrogen) atoms. The van der Waals surface area contributed by atoms with Crippen LogP contribution in [0, 0.1) is 34.9 Å². The molecule has 0 atom stereocenters. The number of hydrogen-bond acceptors (Lipinski definition) is 1. The van der Waals surface area contributed by atoms with Gasteiger partial charge in [-0.3, -0.25) is 0 Å². The van der Waals surface area contributed by atoms with Crippen LogP contribution >= 0.6 is 0 Å². The third-order valence-corrected chi connectivity index (χ3v) is 2.71. The van der Waals surface area contributed by atoms with Gasteiger partial charge < -0.3 is 4.74 Å². The van der Waals surface area contributed by atoms with Crippen LogP contribution in [0.2, 0.25) is 0 Å². The first kappa shape index (κ1) is 15.3. The fourth-order valence-electron chi connectivity index (χ4n) is 1.71. The lowest BCUT2D eigenvalue weighted by Gasteiger charge is -2.10. The van der Waals surface area contributed by atoms with Gasteiger partial charge in [0.1, 0.15) is 17.5 Å². The number of benzene rings is 2. The molecule has 0 unspecified atom stereocenters. The van der Waals surface area contributed by atoms with E-state index < -0.39 is 51.6 Å². The predicted molar refractivity (Wildman–Crippen MR) is 64.2 cm³/mol. The standard InChI is InChI=1S/C13H6BF6O/c1-21-9-4-8(18)12(19)11(13(9)20)14-10-6(16)2-5(15)3-7(10)17/h2-4H,1H3. The lowest BCUT2D eigenvalue weighted by atomic mass is 9.63. The second-order valence-corrected chi connectivity index (χ2v) is 4.03. The molecular formula is C13H6BF6O. The summed E-state index contributed by atoms with van der Waals surface area (Å²) in [5.74, 6) is -9.02. The summed E-state index contributed by atoms with van der Waals surface area (Å²) in [4.78, 5) is 0. The van der Waals surface area contributed by atoms with E-state index in [4.69, 9.17) is 0 Å². The van der Waals surface area contributed by atoms with Crippen LogP contribution in [-0.4, -0.2) is 14.4 Å². The van der Waals surface area contributed by atoms with Crippen LogP contribution in [0.15, 0.2) is 18.2 Å². The van der Waals surface area contributed by atoms with Crippen LogP contribution in [-0.2, 0) is 0 Å². The Bertz CT molecular complexity index is 681. The smallest absolute Gasteiger partial charge is 0.207 e. The van der Waals surface area contributed by atoms with Crippen molar-refractivity contribution in [2.45, 2.75) is 0 Å². The third kappa shape index (κ3) is 2.84. The molecule has 0 fully saturated rings. The van der Waals surface area contributed by atoms with Crippen LogP contribution in [0.4, 0.5) is 26.3 Å². The summed E-state index contributed by atoms with van der Waals surface area (Å²) in [6, 6.07) is 1.13. The minimum atomic E-state index is -1.64. The molecule has 8 heteroatoms. The van der Waals surface area contributed by atoms with Gasteiger partial charge in [-0.05, 0) is 10.9 Å². The van der Waals surface area contributed by atoms with E-state index in [-0.39, 0.29) is 0 Å². The molecular weight excluding hydrogens is 297 g/mol. The van der Waals surface area contributed by atoms with Crippen molar-refractivity contribution in [1.82, 2.24) is 0 Å². The largest absolute Gasteiger partial charge is 0.494 e. The third-order valence-electron chi connectivity index (χ3n) is 2.71. The molecule has 0 saturated carbocycles. The van der Waals surface area contributed by atoms with Crippen molar-refractivity contribution in [1.29, 1.82) is 0 Å². The highest BCUT2D eigenvalue weighted by Gasteiger charge is 2.23. The Morgan fingerprint density at radius 3 is 1.86 bits per heavy atom. The van der Waals surface area contributed by atoms with Crippen molar-refractivity contribution < 1.29 is 31.1 Å². The highest BCUT2D eigenvalue weighted by atomic mass is 19.2. The quantitative estimate of drug-likeness (QED) is 0.480. The van der Waals surface area contributed by atoms with Gasteiger partial charge in [-0.15, -0.1) is 0 Å². The molecule has 2 aromatic carbocycles. The van der Waals surface area contributed by atoms with Crippen molar-refractivity contribution in [3.8, 4) is 5.75 Å². The summed E-state index contributed by atoms with van der Waals surface area (Å²) in [7, 11) is 1.42. The molecule has 0 heterocycles. The summed E-state index contributed by atoms with van der Waals surface area (Å²) in [6.45, 7) is 0. The van der Waals surface area contributed by atoms with E-state index in [1.165, 1.54) is 0 Å². The Hall–Kier alpha value is -2.12. The van der Waals surface area contributed by atoms with E-state index in [0.29, 0.717) is 25.5 Å². The number of rotatable bonds is 3. The van der Waals surface area contributed by atoms with Crippen molar-refractivity contribution >= 4 is 18.2 Å². The molecule has 0 saturated heterocycles. The van der Waals surface area contributed by atoms with Crippen molar-refractivity contribution in [2.24, 2.45) is 0 Å². The second kappa shape index (κ2) is 5.71. The molecule has 0 aliphatic heterocycles. The Labute approximate surface area is 116 Å². The Kier molecular flexibility index (Phi) is 4.15. The van der Waals surface area contributed by atoms with Gasteiger partial charge in [0.05, 0.1) is 7.11 Å². The van der Waals surface area contributed by atoms with E-state index in [9.17, 15) is 26.3 Å². The van der Waals surface area contributed by atoms with Gasteiger partial charge in [0.15, 0.2) is 23.2 Å². The summed E-state index contributed by atoms with van der Waals surface area (Å²) >= 11 is 0. The maximum absolute atomic E-state index is 13.9. The first-order chi connectivity index (χ1) is 9.85. The van der Waals surface area contributed by atoms with Crippen molar-refractivity contribution in [2.75, 3.05) is 7.11 Å². The molecule has 2 aromatic rings. The number of hydrogen-bond donors (Lipinski definition) is 0. The molecule has 0 aliphatic carbocycles. The SMILES string of the molecule is COc1cc(F)c(F)c([B]c2c(F)cc(F)cc2F)c1F. The average molecular weight is 303 g/mol. The zero-order valence-corrected chi connectivity index (χ0v) is 10.5. The van der Waals surface area contributed by atoms with E-state index in [0.717, 1.165) is 7.11 Å². The summed E-state index contributed by atoms with van der Waals surface area (Å²) in [5.41, 5.74) is -1.93. The second-order valence-electron chi connectivity index (χ2n) is 4.03. The van der Waals surface area contributed by atoms with Gasteiger partial charge in [0.25, 0.3) is 0 Å². The lowest BCUT2D eigenvalue weighted by Crippen LogP contribution is -2.37. The Morgan fingerprint density at radius 2 is 1.33 bits per heavy atom. The Morgan fingerprint density at radius 1 is 0.762 bits per heavy atom. The minimum Gasteiger partial charge on any atom is -0.494 e. The molecule has 109 valence electrons. The first-order valence-electron chi connectivity index (χ1n) is 5.56. The van der Waals surface area contributed by atoms with Crippen LogP contribution < -0.4 is 15.7 Å². The Balaban J connectivity index is 2.57. The molecule has 0 spiro atoms. The minimum absolute atomic E-state index is 0.335. The van der Waals surface area contributed by atoms with Gasteiger partial charge in [-0.25, -0.2) is 26.3 Å². The van der Waals surface area contributed by atoms with Crippen LogP contribution in [0.25, 0.3) is 0 Å². The average Bonchev–Trinajstić information content (AvgIpc) is 2.41. The fraction of sp³-hybridized carbons (Fsp3) is 0.0769. The van der Waals surface area contributed by atoms with E-state index in [1.54, 1.807) is 0 Å². The maximum Gasteiger partial charge on any atom is 0.207 e. The molecule has 0 N–H and O–H groups in total. The van der Waals surface area contributed by atoms with Crippen molar-refractivity contribution in [3.05, 3.63) is 53.1 Å². The van der Waals surface area contributed by atoms with Crippen molar-refractivity contribution in [3.63, 3.8) is 0 Å². The fourth-order valence-corrected chi connectivity index (χ4v) is 1.71. The van der Waals surface area contributed by atoms with E-state index in [2.05, 4.69) is 4.74 Å². The topological polar surface area (TPSA) is 9.23 Å². The molecule has 0 aliphatic rings. The van der Waals surface area contributed by atoms with Gasteiger partial charge in [-0.2, -0.15) is 0 Å². The molecule has 1 radical (unpaired) electrons. The van der Waals surface area contributed by atoms with Gasteiger partial charge in [-0.1, -0.05) is 0 Å². The van der Waals surface area contributed by atoms with Gasteiger partial charge in [0.2, 0.25) is 7.28 Å². The van der Waals surface area contributed by atoms with E-state index >= 15 is 0 Å². The molecule has 0 bridgehead atoms. The predicted octanol–water partition coefficient (Wildman–Crippen LogP) is 2.18. The van der Waals surface area contributed by atoms with Gasteiger partial charge >= 0.3 is 0 Å². The number of methoxy groups -OCH3 is 1. The zero-order chi connectivity index (χ0) is 15.7. The first-order valence-corrected chi connectivity index (χ1v) is 5.56. The molecule has 1 nitrogen and oxygen atoms in total. The summed E-state index contributed by atoms with van der Waals surface area (Å²) in [6.07, 6.45) is 0. The molecule has 0 aromatic heterocycles. The van der Waals surface area contributed by atoms with Gasteiger partial charge in [0, 0.05) is 18.2 Å². The van der Waals surface area contributed by atoms with Crippen LogP contribution in [0.5, 0.6) is 5.75 Å². The monoisotopic (exact) mass is 303 g/mol. The van der Waals surface area contributed by atoms with Crippen LogP contribution in [0.3, 0.4) is 0 Å². The number of ether oxygens (including phenoxy) is 1. The summed E-state index contributed by atoms with van der Waals surface area (Å²) in [5, 5.41) is 0. The maximum atomic E-state index is 13.9. The number of halogens is 6. The van der Waals surface area contributed by atoms with E-state index in [1.807, 2.05) is 0 Å². The lowest BCUT2D eigenvalue weighted by molar-refractivity contribution is 0.379. The summed E-state index contributed by atoms with van der Waals surface area (Å²) < 4.78 is 84.9.